The Balaban J connectivity index is 1.58. The Kier molecular flexibility index (Phi) is 3.72. The van der Waals surface area contributed by atoms with E-state index in [0.717, 1.165) is 35.7 Å². The van der Waals surface area contributed by atoms with Gasteiger partial charge in [-0.1, -0.05) is 0 Å². The first-order valence-corrected chi connectivity index (χ1v) is 8.80. The average Bonchev–Trinajstić information content (AvgIpc) is 3.33. The van der Waals surface area contributed by atoms with E-state index in [9.17, 15) is 4.79 Å². The Morgan fingerprint density at radius 2 is 2.33 bits per heavy atom. The zero-order chi connectivity index (χ0) is 16.7. The second kappa shape index (κ2) is 5.90. The molecule has 1 atom stereocenters. The summed E-state index contributed by atoms with van der Waals surface area (Å²) < 4.78 is 7.34. The van der Waals surface area contributed by atoms with Crippen LogP contribution in [0.4, 0.5) is 0 Å². The number of hydrogen-bond acceptors (Lipinski definition) is 5. The summed E-state index contributed by atoms with van der Waals surface area (Å²) in [4.78, 5) is 19.2. The van der Waals surface area contributed by atoms with Crippen molar-refractivity contribution >= 4 is 17.2 Å². The molecule has 4 heterocycles. The molecular weight excluding hydrogens is 324 g/mol. The SMILES string of the molecule is Cc1nc(-c2cc(C(=O)N3CCCC3c3cnn(C)c3)co2)cs1. The van der Waals surface area contributed by atoms with Gasteiger partial charge in [0.05, 0.1) is 22.8 Å². The molecule has 3 aromatic rings. The Morgan fingerprint density at radius 3 is 3.04 bits per heavy atom. The van der Waals surface area contributed by atoms with E-state index in [1.165, 1.54) is 6.26 Å². The van der Waals surface area contributed by atoms with Gasteiger partial charge in [0.2, 0.25) is 0 Å². The van der Waals surface area contributed by atoms with Crippen LogP contribution in [-0.2, 0) is 7.05 Å². The monoisotopic (exact) mass is 342 g/mol. The molecule has 0 saturated carbocycles. The predicted octanol–water partition coefficient (Wildman–Crippen LogP) is 3.42. The zero-order valence-electron chi connectivity index (χ0n) is 13.6. The highest BCUT2D eigenvalue weighted by Crippen LogP contribution is 2.33. The van der Waals surface area contributed by atoms with E-state index in [4.69, 9.17) is 4.42 Å². The summed E-state index contributed by atoms with van der Waals surface area (Å²) in [6.07, 6.45) is 7.32. The van der Waals surface area contributed by atoms with Crippen molar-refractivity contribution in [3.8, 4) is 11.5 Å². The van der Waals surface area contributed by atoms with Crippen LogP contribution in [0.5, 0.6) is 0 Å². The molecule has 3 aromatic heterocycles. The highest BCUT2D eigenvalue weighted by atomic mass is 32.1. The number of furan rings is 1. The Bertz CT molecular complexity index is 879. The van der Waals surface area contributed by atoms with E-state index in [1.54, 1.807) is 22.1 Å². The average molecular weight is 342 g/mol. The van der Waals surface area contributed by atoms with Crippen LogP contribution in [-0.4, -0.2) is 32.1 Å². The van der Waals surface area contributed by atoms with Gasteiger partial charge in [-0.2, -0.15) is 5.10 Å². The summed E-state index contributed by atoms with van der Waals surface area (Å²) in [6.45, 7) is 2.71. The number of likely N-dealkylation sites (tertiary alicyclic amines) is 1. The smallest absolute Gasteiger partial charge is 0.257 e. The summed E-state index contributed by atoms with van der Waals surface area (Å²) >= 11 is 1.57. The quantitative estimate of drug-likeness (QED) is 0.731. The molecule has 0 bridgehead atoms. The third kappa shape index (κ3) is 2.65. The summed E-state index contributed by atoms with van der Waals surface area (Å²) in [5.74, 6) is 0.642. The third-order valence-corrected chi connectivity index (χ3v) is 5.11. The Hall–Kier alpha value is -2.41. The lowest BCUT2D eigenvalue weighted by Gasteiger charge is -2.23. The largest absolute Gasteiger partial charge is 0.462 e. The van der Waals surface area contributed by atoms with Crippen molar-refractivity contribution in [3.63, 3.8) is 0 Å². The third-order valence-electron chi connectivity index (χ3n) is 4.34. The standard InChI is InChI=1S/C17H18N4O2S/c1-11-19-14(10-24-11)16-6-12(9-23-16)17(22)21-5-3-4-15(21)13-7-18-20(2)8-13/h6-10,15H,3-5H2,1-2H3. The Labute approximate surface area is 143 Å². The fourth-order valence-corrected chi connectivity index (χ4v) is 3.80. The van der Waals surface area contributed by atoms with Crippen LogP contribution in [0.25, 0.3) is 11.5 Å². The van der Waals surface area contributed by atoms with Crippen LogP contribution in [0.3, 0.4) is 0 Å². The molecule has 0 aliphatic carbocycles. The van der Waals surface area contributed by atoms with Gasteiger partial charge >= 0.3 is 0 Å². The maximum Gasteiger partial charge on any atom is 0.257 e. The second-order valence-electron chi connectivity index (χ2n) is 6.06. The lowest BCUT2D eigenvalue weighted by molar-refractivity contribution is 0.0735. The molecule has 1 saturated heterocycles. The molecular formula is C17H18N4O2S. The molecule has 6 nitrogen and oxygen atoms in total. The van der Waals surface area contributed by atoms with Crippen LogP contribution in [0, 0.1) is 6.92 Å². The number of hydrogen-bond donors (Lipinski definition) is 0. The van der Waals surface area contributed by atoms with E-state index in [0.29, 0.717) is 11.3 Å². The van der Waals surface area contributed by atoms with Crippen LogP contribution < -0.4 is 0 Å². The molecule has 1 fully saturated rings. The van der Waals surface area contributed by atoms with E-state index >= 15 is 0 Å². The van der Waals surface area contributed by atoms with Crippen molar-refractivity contribution < 1.29 is 9.21 Å². The number of carbonyl (C=O) groups excluding carboxylic acids is 1. The molecule has 1 amide bonds. The molecule has 4 rings (SSSR count). The number of aryl methyl sites for hydroxylation is 2. The molecule has 1 aliphatic rings. The summed E-state index contributed by atoms with van der Waals surface area (Å²) in [6, 6.07) is 1.88. The number of carbonyl (C=O) groups is 1. The first-order valence-electron chi connectivity index (χ1n) is 7.92. The van der Waals surface area contributed by atoms with Crippen molar-refractivity contribution in [2.24, 2.45) is 7.05 Å². The van der Waals surface area contributed by atoms with Crippen molar-refractivity contribution in [1.29, 1.82) is 0 Å². The van der Waals surface area contributed by atoms with Crippen LogP contribution >= 0.6 is 11.3 Å². The summed E-state index contributed by atoms with van der Waals surface area (Å²) in [5.41, 5.74) is 2.44. The van der Waals surface area contributed by atoms with E-state index in [2.05, 4.69) is 10.1 Å². The summed E-state index contributed by atoms with van der Waals surface area (Å²) in [5, 5.41) is 7.15. The minimum absolute atomic E-state index is 0.00306. The molecule has 7 heteroatoms. The molecule has 0 radical (unpaired) electrons. The number of thiazole rings is 1. The van der Waals surface area contributed by atoms with Gasteiger partial charge in [-0.05, 0) is 25.8 Å². The molecule has 124 valence electrons. The van der Waals surface area contributed by atoms with E-state index in [-0.39, 0.29) is 11.9 Å². The van der Waals surface area contributed by atoms with E-state index in [1.807, 2.05) is 36.6 Å². The van der Waals surface area contributed by atoms with Gasteiger partial charge in [-0.3, -0.25) is 9.48 Å². The first kappa shape index (κ1) is 15.1. The number of rotatable bonds is 3. The van der Waals surface area contributed by atoms with Crippen LogP contribution in [0.1, 0.15) is 39.8 Å². The normalized spacial score (nSPS) is 17.6. The van der Waals surface area contributed by atoms with Gasteiger partial charge in [0.15, 0.2) is 5.76 Å². The molecule has 24 heavy (non-hydrogen) atoms. The van der Waals surface area contributed by atoms with Crippen molar-refractivity contribution in [2.45, 2.75) is 25.8 Å². The second-order valence-corrected chi connectivity index (χ2v) is 7.12. The topological polar surface area (TPSA) is 64.2 Å². The van der Waals surface area contributed by atoms with Crippen molar-refractivity contribution in [2.75, 3.05) is 6.54 Å². The molecule has 0 N–H and O–H groups in total. The van der Waals surface area contributed by atoms with Gasteiger partial charge in [-0.25, -0.2) is 4.98 Å². The number of nitrogens with zero attached hydrogens (tertiary/aromatic N) is 4. The van der Waals surface area contributed by atoms with Gasteiger partial charge in [0, 0.05) is 30.7 Å². The van der Waals surface area contributed by atoms with Crippen molar-refractivity contribution in [1.82, 2.24) is 19.7 Å². The Morgan fingerprint density at radius 1 is 1.46 bits per heavy atom. The highest BCUT2D eigenvalue weighted by Gasteiger charge is 2.32. The summed E-state index contributed by atoms with van der Waals surface area (Å²) in [7, 11) is 1.89. The highest BCUT2D eigenvalue weighted by molar-refractivity contribution is 7.09. The fraction of sp³-hybridized carbons (Fsp3) is 0.353. The van der Waals surface area contributed by atoms with Crippen LogP contribution in [0.2, 0.25) is 0 Å². The predicted molar refractivity (Wildman–Crippen MR) is 90.8 cm³/mol. The van der Waals surface area contributed by atoms with Crippen LogP contribution in [0.15, 0.2) is 34.5 Å². The molecule has 0 aromatic carbocycles. The van der Waals surface area contributed by atoms with Gasteiger partial charge in [-0.15, -0.1) is 11.3 Å². The van der Waals surface area contributed by atoms with Gasteiger partial charge in [0.25, 0.3) is 5.91 Å². The molecule has 0 spiro atoms. The number of amides is 1. The van der Waals surface area contributed by atoms with Crippen molar-refractivity contribution in [3.05, 3.63) is 46.2 Å². The maximum absolute atomic E-state index is 12.9. The minimum Gasteiger partial charge on any atom is -0.462 e. The van der Waals surface area contributed by atoms with Gasteiger partial charge in [0.1, 0.15) is 12.0 Å². The lowest BCUT2D eigenvalue weighted by Crippen LogP contribution is -2.30. The lowest BCUT2D eigenvalue weighted by atomic mass is 10.1. The number of aromatic nitrogens is 3. The van der Waals surface area contributed by atoms with Gasteiger partial charge < -0.3 is 9.32 Å². The maximum atomic E-state index is 12.9. The van der Waals surface area contributed by atoms with E-state index < -0.39 is 0 Å². The molecule has 1 unspecified atom stereocenters. The fourth-order valence-electron chi connectivity index (χ4n) is 3.19. The first-order chi connectivity index (χ1) is 11.6. The molecule has 1 aliphatic heterocycles. The zero-order valence-corrected chi connectivity index (χ0v) is 14.4. The minimum atomic E-state index is 0.00306.